The number of hydrogen-bond acceptors (Lipinski definition) is 2. The SMILES string of the molecule is COc1ccc(F)c(OC)c1C(C)C. The normalized spacial score (nSPS) is 10.4. The van der Waals surface area contributed by atoms with Gasteiger partial charge >= 0.3 is 0 Å². The average molecular weight is 198 g/mol. The van der Waals surface area contributed by atoms with Crippen molar-refractivity contribution in [2.75, 3.05) is 14.2 Å². The van der Waals surface area contributed by atoms with Crippen molar-refractivity contribution < 1.29 is 13.9 Å². The molecule has 0 amide bonds. The van der Waals surface area contributed by atoms with E-state index in [9.17, 15) is 4.39 Å². The lowest BCUT2D eigenvalue weighted by Crippen LogP contribution is -2.00. The molecule has 1 aromatic carbocycles. The third-order valence-electron chi connectivity index (χ3n) is 2.11. The van der Waals surface area contributed by atoms with Gasteiger partial charge < -0.3 is 9.47 Å². The standard InChI is InChI=1S/C11H15FO2/c1-7(2)10-9(13-3)6-5-8(12)11(10)14-4/h5-7H,1-4H3. The summed E-state index contributed by atoms with van der Waals surface area (Å²) >= 11 is 0. The fourth-order valence-electron chi connectivity index (χ4n) is 1.49. The Morgan fingerprint density at radius 1 is 1.14 bits per heavy atom. The van der Waals surface area contributed by atoms with Gasteiger partial charge in [0.1, 0.15) is 5.75 Å². The van der Waals surface area contributed by atoms with Crippen molar-refractivity contribution in [2.45, 2.75) is 19.8 Å². The quantitative estimate of drug-likeness (QED) is 0.743. The van der Waals surface area contributed by atoms with E-state index in [4.69, 9.17) is 9.47 Å². The molecule has 0 saturated heterocycles. The molecule has 78 valence electrons. The third-order valence-corrected chi connectivity index (χ3v) is 2.11. The van der Waals surface area contributed by atoms with E-state index in [1.165, 1.54) is 13.2 Å². The van der Waals surface area contributed by atoms with Crippen LogP contribution >= 0.6 is 0 Å². The predicted molar refractivity (Wildman–Crippen MR) is 53.6 cm³/mol. The molecule has 14 heavy (non-hydrogen) atoms. The Hall–Kier alpha value is -1.25. The molecule has 0 radical (unpaired) electrons. The Bertz CT molecular complexity index is 321. The van der Waals surface area contributed by atoms with Gasteiger partial charge in [0.25, 0.3) is 0 Å². The van der Waals surface area contributed by atoms with Crippen LogP contribution in [-0.4, -0.2) is 14.2 Å². The molecule has 0 fully saturated rings. The van der Waals surface area contributed by atoms with Crippen LogP contribution < -0.4 is 9.47 Å². The first-order valence-electron chi connectivity index (χ1n) is 4.52. The van der Waals surface area contributed by atoms with Gasteiger partial charge in [0, 0.05) is 5.56 Å². The number of rotatable bonds is 3. The fraction of sp³-hybridized carbons (Fsp3) is 0.455. The van der Waals surface area contributed by atoms with Gasteiger partial charge in [0.05, 0.1) is 14.2 Å². The molecule has 0 atom stereocenters. The summed E-state index contributed by atoms with van der Waals surface area (Å²) in [7, 11) is 3.03. The van der Waals surface area contributed by atoms with E-state index in [1.807, 2.05) is 13.8 Å². The maximum Gasteiger partial charge on any atom is 0.165 e. The molecule has 0 aliphatic carbocycles. The minimum Gasteiger partial charge on any atom is -0.496 e. The van der Waals surface area contributed by atoms with Gasteiger partial charge in [-0.1, -0.05) is 13.8 Å². The minimum atomic E-state index is -0.350. The second kappa shape index (κ2) is 4.31. The van der Waals surface area contributed by atoms with Crippen LogP contribution in [0.1, 0.15) is 25.3 Å². The van der Waals surface area contributed by atoms with Gasteiger partial charge in [-0.25, -0.2) is 4.39 Å². The van der Waals surface area contributed by atoms with Crippen LogP contribution in [0.4, 0.5) is 4.39 Å². The highest BCUT2D eigenvalue weighted by Crippen LogP contribution is 2.36. The molecule has 0 aromatic heterocycles. The van der Waals surface area contributed by atoms with E-state index in [2.05, 4.69) is 0 Å². The molecule has 0 bridgehead atoms. The Kier molecular flexibility index (Phi) is 3.33. The van der Waals surface area contributed by atoms with Crippen LogP contribution in [0.25, 0.3) is 0 Å². The first kappa shape index (κ1) is 10.8. The number of hydrogen-bond donors (Lipinski definition) is 0. The van der Waals surface area contributed by atoms with Crippen molar-refractivity contribution >= 4 is 0 Å². The van der Waals surface area contributed by atoms with E-state index in [-0.39, 0.29) is 17.5 Å². The maximum atomic E-state index is 13.3. The van der Waals surface area contributed by atoms with Crippen LogP contribution in [0.2, 0.25) is 0 Å². The molecule has 2 nitrogen and oxygen atoms in total. The average Bonchev–Trinajstić information content (AvgIpc) is 2.17. The van der Waals surface area contributed by atoms with E-state index in [0.717, 1.165) is 5.56 Å². The van der Waals surface area contributed by atoms with Gasteiger partial charge in [0.15, 0.2) is 11.6 Å². The highest BCUT2D eigenvalue weighted by Gasteiger charge is 2.17. The lowest BCUT2D eigenvalue weighted by atomic mass is 10.0. The number of methoxy groups -OCH3 is 2. The zero-order valence-corrected chi connectivity index (χ0v) is 8.93. The van der Waals surface area contributed by atoms with Crippen molar-refractivity contribution in [3.63, 3.8) is 0 Å². The molecule has 0 aliphatic rings. The fourth-order valence-corrected chi connectivity index (χ4v) is 1.49. The largest absolute Gasteiger partial charge is 0.496 e. The zero-order valence-electron chi connectivity index (χ0n) is 8.93. The second-order valence-electron chi connectivity index (χ2n) is 3.35. The Morgan fingerprint density at radius 3 is 2.21 bits per heavy atom. The predicted octanol–water partition coefficient (Wildman–Crippen LogP) is 2.97. The van der Waals surface area contributed by atoms with E-state index in [1.54, 1.807) is 13.2 Å². The summed E-state index contributed by atoms with van der Waals surface area (Å²) in [4.78, 5) is 0. The highest BCUT2D eigenvalue weighted by molar-refractivity contribution is 5.47. The Labute approximate surface area is 83.6 Å². The van der Waals surface area contributed by atoms with E-state index in [0.29, 0.717) is 5.75 Å². The van der Waals surface area contributed by atoms with Crippen molar-refractivity contribution in [2.24, 2.45) is 0 Å². The van der Waals surface area contributed by atoms with Gasteiger partial charge in [-0.15, -0.1) is 0 Å². The van der Waals surface area contributed by atoms with Crippen LogP contribution in [0, 0.1) is 5.82 Å². The van der Waals surface area contributed by atoms with Crippen molar-refractivity contribution in [1.29, 1.82) is 0 Å². The molecule has 1 aromatic rings. The number of halogens is 1. The van der Waals surface area contributed by atoms with Crippen LogP contribution in [0.3, 0.4) is 0 Å². The summed E-state index contributed by atoms with van der Waals surface area (Å²) in [6, 6.07) is 2.97. The van der Waals surface area contributed by atoms with Crippen molar-refractivity contribution in [1.82, 2.24) is 0 Å². The molecular weight excluding hydrogens is 183 g/mol. The second-order valence-corrected chi connectivity index (χ2v) is 3.35. The van der Waals surface area contributed by atoms with E-state index < -0.39 is 0 Å². The molecule has 1 rings (SSSR count). The zero-order chi connectivity index (χ0) is 10.7. The van der Waals surface area contributed by atoms with Gasteiger partial charge in [-0.2, -0.15) is 0 Å². The molecule has 0 heterocycles. The molecular formula is C11H15FO2. The van der Waals surface area contributed by atoms with Crippen molar-refractivity contribution in [3.8, 4) is 11.5 Å². The summed E-state index contributed by atoms with van der Waals surface area (Å²) in [5, 5.41) is 0. The number of benzene rings is 1. The number of ether oxygens (including phenoxy) is 2. The first-order chi connectivity index (χ1) is 6.61. The molecule has 0 unspecified atom stereocenters. The highest BCUT2D eigenvalue weighted by atomic mass is 19.1. The summed E-state index contributed by atoms with van der Waals surface area (Å²) in [6.45, 7) is 3.94. The van der Waals surface area contributed by atoms with Gasteiger partial charge in [0.2, 0.25) is 0 Å². The summed E-state index contributed by atoms with van der Waals surface area (Å²) in [5.41, 5.74) is 0.773. The third kappa shape index (κ3) is 1.81. The van der Waals surface area contributed by atoms with E-state index >= 15 is 0 Å². The van der Waals surface area contributed by atoms with Crippen molar-refractivity contribution in [3.05, 3.63) is 23.5 Å². The molecule has 0 N–H and O–H groups in total. The van der Waals surface area contributed by atoms with Gasteiger partial charge in [-0.05, 0) is 18.1 Å². The first-order valence-corrected chi connectivity index (χ1v) is 4.52. The molecule has 0 aliphatic heterocycles. The molecule has 0 saturated carbocycles. The summed E-state index contributed by atoms with van der Waals surface area (Å²) < 4.78 is 23.5. The summed E-state index contributed by atoms with van der Waals surface area (Å²) in [5.74, 6) is 0.755. The smallest absolute Gasteiger partial charge is 0.165 e. The monoisotopic (exact) mass is 198 g/mol. The topological polar surface area (TPSA) is 18.5 Å². The van der Waals surface area contributed by atoms with Gasteiger partial charge in [-0.3, -0.25) is 0 Å². The Morgan fingerprint density at radius 2 is 1.79 bits per heavy atom. The lowest BCUT2D eigenvalue weighted by Gasteiger charge is -2.16. The minimum absolute atomic E-state index is 0.163. The Balaban J connectivity index is 3.36. The molecule has 3 heteroatoms. The lowest BCUT2D eigenvalue weighted by molar-refractivity contribution is 0.362. The van der Waals surface area contributed by atoms with Crippen LogP contribution in [0.15, 0.2) is 12.1 Å². The van der Waals surface area contributed by atoms with Crippen LogP contribution in [0.5, 0.6) is 11.5 Å². The summed E-state index contributed by atoms with van der Waals surface area (Å²) in [6.07, 6.45) is 0. The maximum absolute atomic E-state index is 13.3. The van der Waals surface area contributed by atoms with Crippen LogP contribution in [-0.2, 0) is 0 Å². The molecule has 0 spiro atoms.